The molecular formula is C10H17F3N2O2. The molecule has 1 aliphatic carbocycles. The van der Waals surface area contributed by atoms with Crippen molar-refractivity contribution in [3.8, 4) is 0 Å². The summed E-state index contributed by atoms with van der Waals surface area (Å²) in [6, 6.07) is 0. The number of hydrogen-bond donors (Lipinski definition) is 2. The van der Waals surface area contributed by atoms with Gasteiger partial charge in [-0.1, -0.05) is 0 Å². The molecule has 0 aromatic heterocycles. The summed E-state index contributed by atoms with van der Waals surface area (Å²) in [5, 5.41) is 2.72. The van der Waals surface area contributed by atoms with Crippen molar-refractivity contribution >= 4 is 5.91 Å². The summed E-state index contributed by atoms with van der Waals surface area (Å²) >= 11 is 0. The number of amides is 1. The minimum atomic E-state index is -4.43. The number of halogens is 3. The highest BCUT2D eigenvalue weighted by atomic mass is 19.4. The van der Waals surface area contributed by atoms with Crippen LogP contribution < -0.4 is 11.1 Å². The Hall–Kier alpha value is -0.820. The first-order valence-corrected chi connectivity index (χ1v) is 5.41. The molecule has 0 bridgehead atoms. The van der Waals surface area contributed by atoms with Gasteiger partial charge in [-0.2, -0.15) is 13.2 Å². The topological polar surface area (TPSA) is 64.3 Å². The van der Waals surface area contributed by atoms with Gasteiger partial charge in [0.25, 0.3) is 0 Å². The van der Waals surface area contributed by atoms with Crippen molar-refractivity contribution < 1.29 is 22.7 Å². The van der Waals surface area contributed by atoms with Gasteiger partial charge in [0.2, 0.25) is 5.91 Å². The average Bonchev–Trinajstić information content (AvgIpc) is 3.01. The van der Waals surface area contributed by atoms with E-state index < -0.39 is 23.7 Å². The number of carbonyl (C=O) groups is 1. The Morgan fingerprint density at radius 1 is 1.53 bits per heavy atom. The molecule has 0 saturated heterocycles. The summed E-state index contributed by atoms with van der Waals surface area (Å²) in [6.07, 6.45) is -4.80. The van der Waals surface area contributed by atoms with Gasteiger partial charge < -0.3 is 15.8 Å². The molecule has 7 heteroatoms. The molecule has 1 rings (SSSR count). The normalized spacial score (nSPS) is 21.9. The lowest BCUT2D eigenvalue weighted by Crippen LogP contribution is -2.59. The van der Waals surface area contributed by atoms with Crippen molar-refractivity contribution in [3.63, 3.8) is 0 Å². The number of ether oxygens (including phenoxy) is 1. The fourth-order valence-electron chi connectivity index (χ4n) is 1.72. The number of rotatable bonds is 6. The molecule has 0 radical (unpaired) electrons. The highest BCUT2D eigenvalue weighted by molar-refractivity contribution is 5.85. The van der Waals surface area contributed by atoms with E-state index in [4.69, 9.17) is 10.5 Å². The first kappa shape index (κ1) is 14.2. The van der Waals surface area contributed by atoms with Crippen LogP contribution in [0, 0.1) is 5.92 Å². The summed E-state index contributed by atoms with van der Waals surface area (Å²) in [7, 11) is 1.50. The van der Waals surface area contributed by atoms with Crippen LogP contribution in [-0.4, -0.2) is 37.4 Å². The monoisotopic (exact) mass is 254 g/mol. The van der Waals surface area contributed by atoms with Crippen LogP contribution >= 0.6 is 0 Å². The van der Waals surface area contributed by atoms with Gasteiger partial charge in [-0.25, -0.2) is 0 Å². The van der Waals surface area contributed by atoms with Gasteiger partial charge in [0.1, 0.15) is 5.54 Å². The Bertz CT molecular complexity index is 292. The zero-order valence-corrected chi connectivity index (χ0v) is 9.80. The van der Waals surface area contributed by atoms with Crippen molar-refractivity contribution in [2.45, 2.75) is 37.6 Å². The Morgan fingerprint density at radius 2 is 2.06 bits per heavy atom. The van der Waals surface area contributed by atoms with E-state index in [1.807, 2.05) is 0 Å². The van der Waals surface area contributed by atoms with Gasteiger partial charge in [0.15, 0.2) is 6.10 Å². The van der Waals surface area contributed by atoms with Crippen LogP contribution in [0.3, 0.4) is 0 Å². The predicted octanol–water partition coefficient (Wildman–Crippen LogP) is 0.807. The summed E-state index contributed by atoms with van der Waals surface area (Å²) in [6.45, 7) is 0.554. The Kier molecular flexibility index (Phi) is 4.03. The fraction of sp³-hybridized carbons (Fsp3) is 0.900. The van der Waals surface area contributed by atoms with E-state index in [0.29, 0.717) is 0 Å². The van der Waals surface area contributed by atoms with E-state index in [2.05, 4.69) is 5.32 Å². The fourth-order valence-corrected chi connectivity index (χ4v) is 1.72. The van der Waals surface area contributed by atoms with E-state index in [1.165, 1.54) is 7.05 Å². The summed E-state index contributed by atoms with van der Waals surface area (Å²) in [4.78, 5) is 11.4. The molecule has 3 N–H and O–H groups in total. The lowest BCUT2D eigenvalue weighted by atomic mass is 9.93. The number of primary amides is 1. The Balaban J connectivity index is 2.65. The molecule has 2 atom stereocenters. The van der Waals surface area contributed by atoms with Crippen LogP contribution in [0.2, 0.25) is 0 Å². The van der Waals surface area contributed by atoms with E-state index >= 15 is 0 Å². The first-order valence-electron chi connectivity index (χ1n) is 5.41. The Morgan fingerprint density at radius 3 is 2.35 bits per heavy atom. The highest BCUT2D eigenvalue weighted by Crippen LogP contribution is 2.40. The summed E-state index contributed by atoms with van der Waals surface area (Å²) < 4.78 is 41.6. The quantitative estimate of drug-likeness (QED) is 0.737. The van der Waals surface area contributed by atoms with Gasteiger partial charge in [0.05, 0.1) is 6.61 Å². The third-order valence-corrected chi connectivity index (χ3v) is 3.18. The van der Waals surface area contributed by atoms with Crippen LogP contribution in [-0.2, 0) is 9.53 Å². The molecule has 100 valence electrons. The van der Waals surface area contributed by atoms with Crippen LogP contribution in [0.5, 0.6) is 0 Å². The second kappa shape index (κ2) is 4.81. The number of nitrogens with two attached hydrogens (primary N) is 1. The third kappa shape index (κ3) is 3.10. The zero-order chi connectivity index (χ0) is 13.3. The van der Waals surface area contributed by atoms with Crippen molar-refractivity contribution in [2.75, 3.05) is 13.7 Å². The second-order valence-electron chi connectivity index (χ2n) is 4.35. The van der Waals surface area contributed by atoms with Crippen LogP contribution in [0.25, 0.3) is 0 Å². The molecule has 0 aliphatic heterocycles. The smallest absolute Gasteiger partial charge is 0.368 e. The number of likely N-dealkylation sites (N-methyl/N-ethyl adjacent to an activating group) is 1. The molecule has 17 heavy (non-hydrogen) atoms. The first-order chi connectivity index (χ1) is 7.74. The van der Waals surface area contributed by atoms with Gasteiger partial charge >= 0.3 is 6.18 Å². The number of hydrogen-bond acceptors (Lipinski definition) is 3. The van der Waals surface area contributed by atoms with Crippen molar-refractivity contribution in [3.05, 3.63) is 0 Å². The average molecular weight is 254 g/mol. The largest absolute Gasteiger partial charge is 0.414 e. The lowest BCUT2D eigenvalue weighted by molar-refractivity contribution is -0.219. The minimum Gasteiger partial charge on any atom is -0.368 e. The minimum absolute atomic E-state index is 0.0366. The van der Waals surface area contributed by atoms with E-state index in [0.717, 1.165) is 19.8 Å². The van der Waals surface area contributed by atoms with Gasteiger partial charge in [-0.15, -0.1) is 0 Å². The number of carbonyl (C=O) groups excluding carboxylic acids is 1. The van der Waals surface area contributed by atoms with Crippen LogP contribution in [0.15, 0.2) is 0 Å². The lowest BCUT2D eigenvalue weighted by Gasteiger charge is -2.31. The van der Waals surface area contributed by atoms with Crippen LogP contribution in [0.1, 0.15) is 19.8 Å². The number of alkyl halides is 3. The molecule has 4 nitrogen and oxygen atoms in total. The maximum absolute atomic E-state index is 12.3. The highest BCUT2D eigenvalue weighted by Gasteiger charge is 2.50. The van der Waals surface area contributed by atoms with E-state index in [9.17, 15) is 18.0 Å². The molecule has 1 fully saturated rings. The maximum Gasteiger partial charge on any atom is 0.414 e. The standard InChI is InChI=1S/C10H17F3N2O2/c1-6(10(11,12)13)17-5-9(15-2,8(14)16)7-3-4-7/h6-7,15H,3-5H2,1-2H3,(H2,14,16). The summed E-state index contributed by atoms with van der Waals surface area (Å²) in [5.74, 6) is -0.706. The van der Waals surface area contributed by atoms with Crippen molar-refractivity contribution in [1.82, 2.24) is 5.32 Å². The maximum atomic E-state index is 12.3. The molecule has 1 saturated carbocycles. The van der Waals surface area contributed by atoms with Gasteiger partial charge in [-0.3, -0.25) is 4.79 Å². The summed E-state index contributed by atoms with van der Waals surface area (Å²) in [5.41, 5.74) is 4.07. The molecule has 1 aliphatic rings. The second-order valence-corrected chi connectivity index (χ2v) is 4.35. The zero-order valence-electron chi connectivity index (χ0n) is 9.80. The molecule has 0 aromatic rings. The molecular weight excluding hydrogens is 237 g/mol. The Labute approximate surface area is 97.7 Å². The molecule has 2 unspecified atom stereocenters. The van der Waals surface area contributed by atoms with Gasteiger partial charge in [-0.05, 0) is 32.7 Å². The molecule has 0 spiro atoms. The van der Waals surface area contributed by atoms with E-state index in [-0.39, 0.29) is 12.5 Å². The SMILES string of the molecule is CNC(COC(C)C(F)(F)F)(C(N)=O)C1CC1. The number of nitrogens with one attached hydrogen (secondary N) is 1. The molecule has 1 amide bonds. The van der Waals surface area contributed by atoms with Crippen molar-refractivity contribution in [2.24, 2.45) is 11.7 Å². The van der Waals surface area contributed by atoms with Gasteiger partial charge in [0, 0.05) is 0 Å². The van der Waals surface area contributed by atoms with Crippen molar-refractivity contribution in [1.29, 1.82) is 0 Å². The third-order valence-electron chi connectivity index (χ3n) is 3.18. The predicted molar refractivity (Wildman–Crippen MR) is 55.2 cm³/mol. The molecule has 0 heterocycles. The molecule has 0 aromatic carbocycles. The van der Waals surface area contributed by atoms with Crippen LogP contribution in [0.4, 0.5) is 13.2 Å². The van der Waals surface area contributed by atoms with E-state index in [1.54, 1.807) is 0 Å².